The summed E-state index contributed by atoms with van der Waals surface area (Å²) in [6.07, 6.45) is 1.38. The Morgan fingerprint density at radius 3 is 2.32 bits per heavy atom. The van der Waals surface area contributed by atoms with Crippen LogP contribution in [0, 0.1) is 0 Å². The van der Waals surface area contributed by atoms with E-state index in [1.54, 1.807) is 42.5 Å². The summed E-state index contributed by atoms with van der Waals surface area (Å²) in [6.45, 7) is 0.597. The molecule has 0 atom stereocenters. The summed E-state index contributed by atoms with van der Waals surface area (Å²) in [5.41, 5.74) is 1.02. The van der Waals surface area contributed by atoms with E-state index in [9.17, 15) is 21.6 Å². The molecule has 0 bridgehead atoms. The second-order valence-electron chi connectivity index (χ2n) is 7.79. The van der Waals surface area contributed by atoms with Gasteiger partial charge in [-0.2, -0.15) is 0 Å². The molecular weight excluding hydrogens is 474 g/mol. The predicted molar refractivity (Wildman–Crippen MR) is 130 cm³/mol. The Labute approximate surface area is 198 Å². The van der Waals surface area contributed by atoms with E-state index < -0.39 is 25.8 Å². The number of amidine groups is 1. The quantitative estimate of drug-likeness (QED) is 0.518. The lowest BCUT2D eigenvalue weighted by Crippen LogP contribution is -2.29. The lowest BCUT2D eigenvalue weighted by Gasteiger charge is -2.11. The smallest absolute Gasteiger partial charge is 0.262 e. The highest BCUT2D eigenvalue weighted by atomic mass is 32.2. The summed E-state index contributed by atoms with van der Waals surface area (Å²) in [7, 11) is -7.38. The number of sulfonamides is 1. The molecule has 34 heavy (non-hydrogen) atoms. The maximum Gasteiger partial charge on any atom is 0.262 e. The van der Waals surface area contributed by atoms with Crippen LogP contribution in [0.4, 0.5) is 5.69 Å². The van der Waals surface area contributed by atoms with Crippen LogP contribution < -0.4 is 10.0 Å². The van der Waals surface area contributed by atoms with Gasteiger partial charge in [0.15, 0.2) is 9.84 Å². The Hall–Kier alpha value is -3.50. The third-order valence-electron chi connectivity index (χ3n) is 5.18. The van der Waals surface area contributed by atoms with Crippen LogP contribution in [0.1, 0.15) is 28.8 Å². The van der Waals surface area contributed by atoms with Gasteiger partial charge in [0.25, 0.3) is 15.9 Å². The first-order valence-electron chi connectivity index (χ1n) is 10.6. The molecule has 1 aliphatic rings. The van der Waals surface area contributed by atoms with Gasteiger partial charge in [-0.15, -0.1) is 0 Å². The summed E-state index contributed by atoms with van der Waals surface area (Å²) in [5.74, 6) is -0.306. The van der Waals surface area contributed by atoms with Gasteiger partial charge in [-0.3, -0.25) is 14.5 Å². The monoisotopic (exact) mass is 497 g/mol. The van der Waals surface area contributed by atoms with Gasteiger partial charge >= 0.3 is 0 Å². The zero-order valence-corrected chi connectivity index (χ0v) is 19.8. The molecule has 8 nitrogen and oxygen atoms in total. The summed E-state index contributed by atoms with van der Waals surface area (Å²) >= 11 is 0. The van der Waals surface area contributed by atoms with Gasteiger partial charge in [-0.25, -0.2) is 16.8 Å². The van der Waals surface area contributed by atoms with Crippen molar-refractivity contribution in [2.75, 3.05) is 11.9 Å². The molecule has 1 aliphatic heterocycles. The second kappa shape index (κ2) is 9.78. The van der Waals surface area contributed by atoms with Crippen LogP contribution >= 0.6 is 0 Å². The molecule has 0 saturated carbocycles. The predicted octanol–water partition coefficient (Wildman–Crippen LogP) is 3.38. The fourth-order valence-electron chi connectivity index (χ4n) is 3.51. The average Bonchev–Trinajstić information content (AvgIpc) is 3.32. The Bertz CT molecular complexity index is 1450. The lowest BCUT2D eigenvalue weighted by molar-refractivity contribution is 0.102. The number of nitrogens with one attached hydrogen (secondary N) is 2. The molecule has 10 heteroatoms. The normalized spacial score (nSPS) is 13.8. The largest absolute Gasteiger partial charge is 0.322 e. The van der Waals surface area contributed by atoms with Gasteiger partial charge in [0.05, 0.1) is 15.5 Å². The minimum atomic E-state index is -3.82. The van der Waals surface area contributed by atoms with E-state index in [4.69, 9.17) is 0 Å². The summed E-state index contributed by atoms with van der Waals surface area (Å²) in [5, 5.41) is 2.68. The highest BCUT2D eigenvalue weighted by molar-refractivity contribution is 7.90. The SMILES string of the molecule is O=C(Nc1cccc(S(=O)(=O)NC2=NCCC2)c1)c1cccc(CS(=O)(=O)c2ccccc2)c1. The Balaban J connectivity index is 1.49. The van der Waals surface area contributed by atoms with Crippen molar-refractivity contribution in [2.24, 2.45) is 4.99 Å². The van der Waals surface area contributed by atoms with Crippen LogP contribution in [0.5, 0.6) is 0 Å². The minimum absolute atomic E-state index is 0.00241. The Kier molecular flexibility index (Phi) is 6.80. The van der Waals surface area contributed by atoms with Crippen LogP contribution in [0.3, 0.4) is 0 Å². The molecule has 1 amide bonds. The standard InChI is InChI=1S/C24H23N3O5S2/c28-24(19-8-4-7-18(15-19)17-33(29,30)21-10-2-1-3-11-21)26-20-9-5-12-22(16-20)34(31,32)27-23-13-6-14-25-23/h1-5,7-12,15-16H,6,13-14,17H2,(H,25,27)(H,26,28). The zero-order valence-electron chi connectivity index (χ0n) is 18.1. The molecule has 0 spiro atoms. The maximum absolute atomic E-state index is 12.8. The van der Waals surface area contributed by atoms with Crippen LogP contribution in [-0.2, 0) is 25.6 Å². The van der Waals surface area contributed by atoms with Crippen molar-refractivity contribution in [3.8, 4) is 0 Å². The molecule has 0 aliphatic carbocycles. The number of hydrogen-bond donors (Lipinski definition) is 2. The summed E-state index contributed by atoms with van der Waals surface area (Å²) in [4.78, 5) is 17.1. The molecule has 0 saturated heterocycles. The third kappa shape index (κ3) is 5.70. The van der Waals surface area contributed by atoms with Gasteiger partial charge in [-0.1, -0.05) is 36.4 Å². The molecule has 4 rings (SSSR count). The summed E-state index contributed by atoms with van der Waals surface area (Å²) < 4.78 is 53.1. The second-order valence-corrected chi connectivity index (χ2v) is 11.5. The van der Waals surface area contributed by atoms with Gasteiger partial charge in [-0.05, 0) is 54.4 Å². The van der Waals surface area contributed by atoms with E-state index in [2.05, 4.69) is 15.0 Å². The third-order valence-corrected chi connectivity index (χ3v) is 8.26. The van der Waals surface area contributed by atoms with Crippen LogP contribution in [-0.4, -0.2) is 35.1 Å². The van der Waals surface area contributed by atoms with E-state index >= 15 is 0 Å². The van der Waals surface area contributed by atoms with Crippen molar-refractivity contribution < 1.29 is 21.6 Å². The molecule has 0 aromatic heterocycles. The number of benzene rings is 3. The number of carbonyl (C=O) groups is 1. The first-order chi connectivity index (χ1) is 16.2. The molecule has 0 fully saturated rings. The zero-order chi connectivity index (χ0) is 24.2. The van der Waals surface area contributed by atoms with Crippen molar-refractivity contribution in [1.82, 2.24) is 4.72 Å². The first-order valence-corrected chi connectivity index (χ1v) is 13.7. The van der Waals surface area contributed by atoms with E-state index in [0.29, 0.717) is 30.1 Å². The fourth-order valence-corrected chi connectivity index (χ4v) is 6.01. The van der Waals surface area contributed by atoms with Crippen molar-refractivity contribution >= 4 is 37.3 Å². The number of rotatable bonds is 7. The molecular formula is C24H23N3O5S2. The molecule has 0 unspecified atom stereocenters. The number of nitrogens with zero attached hydrogens (tertiary/aromatic N) is 1. The molecule has 3 aromatic rings. The topological polar surface area (TPSA) is 122 Å². The van der Waals surface area contributed by atoms with Crippen LogP contribution in [0.15, 0.2) is 93.6 Å². The van der Waals surface area contributed by atoms with Gasteiger partial charge in [0, 0.05) is 24.2 Å². The average molecular weight is 498 g/mol. The molecule has 176 valence electrons. The van der Waals surface area contributed by atoms with Gasteiger partial charge < -0.3 is 5.32 Å². The molecule has 1 heterocycles. The first kappa shape index (κ1) is 23.7. The number of sulfone groups is 1. The minimum Gasteiger partial charge on any atom is -0.322 e. The number of aliphatic imine (C=N–C) groups is 1. The lowest BCUT2D eigenvalue weighted by atomic mass is 10.1. The van der Waals surface area contributed by atoms with Crippen molar-refractivity contribution in [3.05, 3.63) is 90.0 Å². The van der Waals surface area contributed by atoms with Crippen LogP contribution in [0.25, 0.3) is 0 Å². The Morgan fingerprint density at radius 1 is 0.853 bits per heavy atom. The highest BCUT2D eigenvalue weighted by Crippen LogP contribution is 2.20. The maximum atomic E-state index is 12.8. The molecule has 2 N–H and O–H groups in total. The Morgan fingerprint density at radius 2 is 1.59 bits per heavy atom. The molecule has 0 radical (unpaired) electrons. The van der Waals surface area contributed by atoms with E-state index in [0.717, 1.165) is 6.42 Å². The highest BCUT2D eigenvalue weighted by Gasteiger charge is 2.19. The van der Waals surface area contributed by atoms with Crippen LogP contribution in [0.2, 0.25) is 0 Å². The molecule has 3 aromatic carbocycles. The van der Waals surface area contributed by atoms with E-state index in [1.165, 1.54) is 36.4 Å². The van der Waals surface area contributed by atoms with Gasteiger partial charge in [0.2, 0.25) is 0 Å². The van der Waals surface area contributed by atoms with E-state index in [1.807, 2.05) is 0 Å². The summed E-state index contributed by atoms with van der Waals surface area (Å²) in [6, 6.07) is 20.3. The van der Waals surface area contributed by atoms with Crippen molar-refractivity contribution in [2.45, 2.75) is 28.4 Å². The number of hydrogen-bond acceptors (Lipinski definition) is 6. The number of carbonyl (C=O) groups excluding carboxylic acids is 1. The van der Waals surface area contributed by atoms with Crippen molar-refractivity contribution in [1.29, 1.82) is 0 Å². The number of anilines is 1. The van der Waals surface area contributed by atoms with Gasteiger partial charge in [0.1, 0.15) is 5.84 Å². The van der Waals surface area contributed by atoms with Crippen molar-refractivity contribution in [3.63, 3.8) is 0 Å². The number of amides is 1. The fraction of sp³-hybridized carbons (Fsp3) is 0.167. The van der Waals surface area contributed by atoms with E-state index in [-0.39, 0.29) is 21.1 Å².